The summed E-state index contributed by atoms with van der Waals surface area (Å²) in [7, 11) is -2.30. The van der Waals surface area contributed by atoms with Crippen LogP contribution in [0.4, 0.5) is 10.1 Å². The van der Waals surface area contributed by atoms with Gasteiger partial charge in [0.25, 0.3) is 0 Å². The Balaban J connectivity index is 2.17. The normalized spacial score (nSPS) is 16.7. The van der Waals surface area contributed by atoms with Crippen LogP contribution in [0, 0.1) is 5.82 Å². The van der Waals surface area contributed by atoms with Gasteiger partial charge in [0, 0.05) is 13.1 Å². The maximum atomic E-state index is 13.3. The molecule has 0 aromatic heterocycles. The molecule has 1 saturated carbocycles. The Kier molecular flexibility index (Phi) is 5.02. The third kappa shape index (κ3) is 3.75. The molecular formula is C14H19FN2O4S. The van der Waals surface area contributed by atoms with Crippen LogP contribution in [-0.2, 0) is 10.2 Å². The molecule has 0 atom stereocenters. The number of benzene rings is 1. The van der Waals surface area contributed by atoms with Crippen molar-refractivity contribution in [3.63, 3.8) is 0 Å². The Morgan fingerprint density at radius 3 is 2.55 bits per heavy atom. The van der Waals surface area contributed by atoms with Crippen LogP contribution in [0.3, 0.4) is 0 Å². The second kappa shape index (κ2) is 6.62. The van der Waals surface area contributed by atoms with Gasteiger partial charge in [-0.05, 0) is 31.0 Å². The van der Waals surface area contributed by atoms with Gasteiger partial charge in [0.05, 0.1) is 11.3 Å². The molecular weight excluding hydrogens is 311 g/mol. The number of carboxylic acids is 1. The number of hydrogen-bond acceptors (Lipinski definition) is 3. The zero-order valence-electron chi connectivity index (χ0n) is 12.3. The fourth-order valence-electron chi connectivity index (χ4n) is 2.61. The van der Waals surface area contributed by atoms with Crippen molar-refractivity contribution in [3.05, 3.63) is 29.6 Å². The van der Waals surface area contributed by atoms with Crippen molar-refractivity contribution in [1.82, 2.24) is 4.31 Å². The van der Waals surface area contributed by atoms with Crippen molar-refractivity contribution in [1.29, 1.82) is 0 Å². The molecule has 1 fully saturated rings. The van der Waals surface area contributed by atoms with Gasteiger partial charge in [-0.1, -0.05) is 19.3 Å². The Labute approximate surface area is 129 Å². The third-order valence-corrected chi connectivity index (χ3v) is 5.46. The SMILES string of the molecule is CN(C1CCCCC1)S(=O)(=O)Nc1ccc(F)c(C(=O)O)c1. The number of nitrogens with one attached hydrogen (secondary N) is 1. The number of aromatic carboxylic acids is 1. The maximum Gasteiger partial charge on any atom is 0.338 e. The molecule has 1 aromatic carbocycles. The molecule has 0 saturated heterocycles. The van der Waals surface area contributed by atoms with Crippen LogP contribution in [0.25, 0.3) is 0 Å². The highest BCUT2D eigenvalue weighted by molar-refractivity contribution is 7.90. The Bertz CT molecular complexity index is 657. The van der Waals surface area contributed by atoms with E-state index in [9.17, 15) is 17.6 Å². The minimum absolute atomic E-state index is 0.0291. The lowest BCUT2D eigenvalue weighted by Crippen LogP contribution is -2.41. The van der Waals surface area contributed by atoms with Crippen LogP contribution in [0.5, 0.6) is 0 Å². The molecule has 0 amide bonds. The molecule has 0 aliphatic heterocycles. The Morgan fingerprint density at radius 1 is 1.32 bits per heavy atom. The van der Waals surface area contributed by atoms with E-state index < -0.39 is 27.6 Å². The smallest absolute Gasteiger partial charge is 0.338 e. The first-order valence-corrected chi connectivity index (χ1v) is 8.54. The zero-order chi connectivity index (χ0) is 16.3. The molecule has 0 radical (unpaired) electrons. The zero-order valence-corrected chi connectivity index (χ0v) is 13.1. The van der Waals surface area contributed by atoms with Crippen LogP contribution < -0.4 is 4.72 Å². The van der Waals surface area contributed by atoms with E-state index in [1.54, 1.807) is 0 Å². The van der Waals surface area contributed by atoms with Crippen LogP contribution in [0.2, 0.25) is 0 Å². The van der Waals surface area contributed by atoms with E-state index >= 15 is 0 Å². The van der Waals surface area contributed by atoms with Crippen molar-refractivity contribution >= 4 is 21.9 Å². The lowest BCUT2D eigenvalue weighted by molar-refractivity contribution is 0.0692. The summed E-state index contributed by atoms with van der Waals surface area (Å²) in [6, 6.07) is 3.05. The Morgan fingerprint density at radius 2 is 1.95 bits per heavy atom. The predicted molar refractivity (Wildman–Crippen MR) is 80.5 cm³/mol. The van der Waals surface area contributed by atoms with E-state index in [1.807, 2.05) is 0 Å². The quantitative estimate of drug-likeness (QED) is 0.868. The van der Waals surface area contributed by atoms with E-state index in [4.69, 9.17) is 5.11 Å². The highest BCUT2D eigenvalue weighted by Gasteiger charge is 2.27. The number of nitrogens with zero attached hydrogens (tertiary/aromatic N) is 1. The first-order valence-electron chi connectivity index (χ1n) is 7.10. The topological polar surface area (TPSA) is 86.7 Å². The predicted octanol–water partition coefficient (Wildman–Crippen LogP) is 2.45. The second-order valence-electron chi connectivity index (χ2n) is 5.41. The summed E-state index contributed by atoms with van der Waals surface area (Å²) in [5.41, 5.74) is -0.540. The van der Waals surface area contributed by atoms with Crippen molar-refractivity contribution in [2.75, 3.05) is 11.8 Å². The van der Waals surface area contributed by atoms with Gasteiger partial charge in [-0.25, -0.2) is 9.18 Å². The molecule has 2 N–H and O–H groups in total. The summed E-state index contributed by atoms with van der Waals surface area (Å²) in [6.45, 7) is 0. The molecule has 0 unspecified atom stereocenters. The summed E-state index contributed by atoms with van der Waals surface area (Å²) < 4.78 is 41.6. The minimum Gasteiger partial charge on any atom is -0.478 e. The fraction of sp³-hybridized carbons (Fsp3) is 0.500. The maximum absolute atomic E-state index is 13.3. The van der Waals surface area contributed by atoms with E-state index in [2.05, 4.69) is 4.72 Å². The molecule has 0 bridgehead atoms. The number of hydrogen-bond donors (Lipinski definition) is 2. The lowest BCUT2D eigenvalue weighted by Gasteiger charge is -2.30. The van der Waals surface area contributed by atoms with E-state index in [-0.39, 0.29) is 11.7 Å². The van der Waals surface area contributed by atoms with Gasteiger partial charge in [0.2, 0.25) is 0 Å². The molecule has 22 heavy (non-hydrogen) atoms. The van der Waals surface area contributed by atoms with Crippen LogP contribution in [0.15, 0.2) is 18.2 Å². The molecule has 8 heteroatoms. The molecule has 2 rings (SSSR count). The number of carbonyl (C=O) groups is 1. The molecule has 0 heterocycles. The van der Waals surface area contributed by atoms with Crippen molar-refractivity contribution in [2.45, 2.75) is 38.1 Å². The summed E-state index contributed by atoms with van der Waals surface area (Å²) in [6.07, 6.45) is 4.70. The highest BCUT2D eigenvalue weighted by Crippen LogP contribution is 2.24. The molecule has 1 aromatic rings. The van der Waals surface area contributed by atoms with Gasteiger partial charge in [-0.3, -0.25) is 4.72 Å². The van der Waals surface area contributed by atoms with Crippen LogP contribution in [0.1, 0.15) is 42.5 Å². The monoisotopic (exact) mass is 330 g/mol. The number of carboxylic acid groups (broad SMARTS) is 1. The van der Waals surface area contributed by atoms with E-state index in [0.717, 1.165) is 44.2 Å². The molecule has 6 nitrogen and oxygen atoms in total. The van der Waals surface area contributed by atoms with Crippen molar-refractivity contribution in [3.8, 4) is 0 Å². The van der Waals surface area contributed by atoms with Crippen LogP contribution in [-0.4, -0.2) is 36.9 Å². The minimum atomic E-state index is -3.80. The average molecular weight is 330 g/mol. The van der Waals surface area contributed by atoms with E-state index in [1.165, 1.54) is 17.4 Å². The summed E-state index contributed by atoms with van der Waals surface area (Å²) in [5, 5.41) is 8.87. The van der Waals surface area contributed by atoms with Crippen LogP contribution >= 0.6 is 0 Å². The lowest BCUT2D eigenvalue weighted by atomic mass is 9.96. The third-order valence-electron chi connectivity index (χ3n) is 3.91. The number of rotatable bonds is 5. The summed E-state index contributed by atoms with van der Waals surface area (Å²) in [4.78, 5) is 10.9. The van der Waals surface area contributed by atoms with Gasteiger partial charge < -0.3 is 5.11 Å². The Hall–Kier alpha value is -1.67. The molecule has 1 aliphatic rings. The molecule has 122 valence electrons. The molecule has 1 aliphatic carbocycles. The number of halogens is 1. The van der Waals surface area contributed by atoms with Gasteiger partial charge in [-0.2, -0.15) is 12.7 Å². The highest BCUT2D eigenvalue weighted by atomic mass is 32.2. The average Bonchev–Trinajstić information content (AvgIpc) is 2.48. The first-order chi connectivity index (χ1) is 10.3. The standard InChI is InChI=1S/C14H19FN2O4S/c1-17(11-5-3-2-4-6-11)22(20,21)16-10-7-8-13(15)12(9-10)14(18)19/h7-9,11,16H,2-6H2,1H3,(H,18,19). The van der Waals surface area contributed by atoms with Crippen molar-refractivity contribution < 1.29 is 22.7 Å². The van der Waals surface area contributed by atoms with Crippen molar-refractivity contribution in [2.24, 2.45) is 0 Å². The largest absolute Gasteiger partial charge is 0.478 e. The fourth-order valence-corrected chi connectivity index (χ4v) is 3.79. The summed E-state index contributed by atoms with van der Waals surface area (Å²) >= 11 is 0. The van der Waals surface area contributed by atoms with Gasteiger partial charge >= 0.3 is 16.2 Å². The second-order valence-corrected chi connectivity index (χ2v) is 7.15. The van der Waals surface area contributed by atoms with Gasteiger partial charge in [0.15, 0.2) is 0 Å². The van der Waals surface area contributed by atoms with Gasteiger partial charge in [-0.15, -0.1) is 0 Å². The number of anilines is 1. The van der Waals surface area contributed by atoms with Gasteiger partial charge in [0.1, 0.15) is 5.82 Å². The summed E-state index contributed by atoms with van der Waals surface area (Å²) in [5.74, 6) is -2.35. The molecule has 0 spiro atoms. The first kappa shape index (κ1) is 16.7. The van der Waals surface area contributed by atoms with E-state index in [0.29, 0.717) is 0 Å².